The molecule has 0 spiro atoms. The normalized spacial score (nSPS) is 11.4. The van der Waals surface area contributed by atoms with Crippen molar-refractivity contribution in [3.63, 3.8) is 0 Å². The molecule has 0 aliphatic rings. The van der Waals surface area contributed by atoms with E-state index in [1.165, 1.54) is 6.33 Å². The van der Waals surface area contributed by atoms with E-state index in [4.69, 9.17) is 8.83 Å². The van der Waals surface area contributed by atoms with Crippen LogP contribution in [-0.4, -0.2) is 15.0 Å². The first-order chi connectivity index (χ1) is 10.7. The number of para-hydroxylation sites is 1. The van der Waals surface area contributed by atoms with Crippen molar-refractivity contribution in [2.24, 2.45) is 0 Å². The van der Waals surface area contributed by atoms with E-state index in [9.17, 15) is 0 Å². The summed E-state index contributed by atoms with van der Waals surface area (Å²) in [5, 5.41) is 4.18. The molecule has 3 aromatic heterocycles. The highest BCUT2D eigenvalue weighted by Crippen LogP contribution is 2.30. The summed E-state index contributed by atoms with van der Waals surface area (Å²) < 4.78 is 11.4. The summed E-state index contributed by atoms with van der Waals surface area (Å²) in [4.78, 5) is 12.9. The predicted molar refractivity (Wildman–Crippen MR) is 82.6 cm³/mol. The van der Waals surface area contributed by atoms with Crippen molar-refractivity contribution in [3.8, 4) is 0 Å². The van der Waals surface area contributed by atoms with Crippen molar-refractivity contribution in [2.75, 3.05) is 5.32 Å². The van der Waals surface area contributed by atoms with Gasteiger partial charge in [0.2, 0.25) is 5.89 Å². The lowest BCUT2D eigenvalue weighted by atomic mass is 10.2. The molecule has 3 heterocycles. The molecule has 4 rings (SSSR count). The van der Waals surface area contributed by atoms with Crippen LogP contribution in [0.5, 0.6) is 0 Å². The van der Waals surface area contributed by atoms with Gasteiger partial charge in [0.05, 0.1) is 12.2 Å². The Balaban J connectivity index is 1.72. The van der Waals surface area contributed by atoms with Gasteiger partial charge in [0.1, 0.15) is 23.2 Å². The fraction of sp³-hybridized carbons (Fsp3) is 0.188. The summed E-state index contributed by atoms with van der Waals surface area (Å²) in [6.07, 6.45) is 1.53. The van der Waals surface area contributed by atoms with Crippen LogP contribution < -0.4 is 5.32 Å². The standard InChI is InChI=1S/C16H14N4O2/c1-9-10(2)21-13(20-9)7-17-16-15-14(18-8-19-16)11-5-3-4-6-12(11)22-15/h3-6,8H,7H2,1-2H3,(H,17,18,19). The molecule has 6 nitrogen and oxygen atoms in total. The zero-order chi connectivity index (χ0) is 15.1. The van der Waals surface area contributed by atoms with Crippen LogP contribution in [0.15, 0.2) is 39.4 Å². The largest absolute Gasteiger partial charge is 0.450 e. The van der Waals surface area contributed by atoms with Gasteiger partial charge in [0.15, 0.2) is 11.4 Å². The van der Waals surface area contributed by atoms with E-state index in [0.29, 0.717) is 23.8 Å². The lowest BCUT2D eigenvalue weighted by Crippen LogP contribution is -2.02. The third kappa shape index (κ3) is 2.00. The minimum absolute atomic E-state index is 0.442. The fourth-order valence-electron chi connectivity index (χ4n) is 2.42. The number of nitrogens with one attached hydrogen (secondary N) is 1. The van der Waals surface area contributed by atoms with Crippen molar-refractivity contribution < 1.29 is 8.83 Å². The van der Waals surface area contributed by atoms with Gasteiger partial charge in [-0.15, -0.1) is 0 Å². The van der Waals surface area contributed by atoms with Gasteiger partial charge in [0.25, 0.3) is 0 Å². The number of aromatic nitrogens is 3. The Hall–Kier alpha value is -2.89. The highest BCUT2D eigenvalue weighted by atomic mass is 16.4. The maximum absolute atomic E-state index is 5.86. The Kier molecular flexibility index (Phi) is 2.82. The van der Waals surface area contributed by atoms with Crippen LogP contribution in [0.3, 0.4) is 0 Å². The number of furan rings is 1. The van der Waals surface area contributed by atoms with Gasteiger partial charge in [-0.2, -0.15) is 0 Å². The average molecular weight is 294 g/mol. The van der Waals surface area contributed by atoms with E-state index < -0.39 is 0 Å². The van der Waals surface area contributed by atoms with Gasteiger partial charge < -0.3 is 14.2 Å². The van der Waals surface area contributed by atoms with Crippen molar-refractivity contribution in [3.05, 3.63) is 47.9 Å². The number of rotatable bonds is 3. The lowest BCUT2D eigenvalue weighted by molar-refractivity contribution is 0.478. The van der Waals surface area contributed by atoms with Crippen LogP contribution >= 0.6 is 0 Å². The molecule has 6 heteroatoms. The predicted octanol–water partition coefficient (Wildman–Crippen LogP) is 3.59. The SMILES string of the molecule is Cc1nc(CNc2ncnc3c2oc2ccccc23)oc1C. The molecule has 1 aromatic carbocycles. The van der Waals surface area contributed by atoms with Crippen LogP contribution in [0.2, 0.25) is 0 Å². The molecule has 0 unspecified atom stereocenters. The second-order valence-electron chi connectivity index (χ2n) is 5.10. The van der Waals surface area contributed by atoms with Gasteiger partial charge in [-0.1, -0.05) is 12.1 Å². The zero-order valence-electron chi connectivity index (χ0n) is 12.3. The highest BCUT2D eigenvalue weighted by molar-refractivity contribution is 6.05. The number of anilines is 1. The molecule has 0 aliphatic carbocycles. The molecule has 0 bridgehead atoms. The number of hydrogen-bond acceptors (Lipinski definition) is 6. The summed E-state index contributed by atoms with van der Waals surface area (Å²) in [7, 11) is 0. The van der Waals surface area contributed by atoms with E-state index >= 15 is 0 Å². The molecule has 110 valence electrons. The quantitative estimate of drug-likeness (QED) is 0.622. The van der Waals surface area contributed by atoms with E-state index in [2.05, 4.69) is 20.3 Å². The number of fused-ring (bicyclic) bond motifs is 3. The van der Waals surface area contributed by atoms with Gasteiger partial charge >= 0.3 is 0 Å². The number of hydrogen-bond donors (Lipinski definition) is 1. The second-order valence-corrected chi connectivity index (χ2v) is 5.10. The maximum atomic E-state index is 5.86. The van der Waals surface area contributed by atoms with Crippen molar-refractivity contribution in [1.29, 1.82) is 0 Å². The molecule has 0 aliphatic heterocycles. The molecule has 1 N–H and O–H groups in total. The summed E-state index contributed by atoms with van der Waals surface area (Å²) >= 11 is 0. The highest BCUT2D eigenvalue weighted by Gasteiger charge is 2.13. The zero-order valence-corrected chi connectivity index (χ0v) is 12.3. The van der Waals surface area contributed by atoms with E-state index in [1.54, 1.807) is 0 Å². The second kappa shape index (κ2) is 4.84. The number of aryl methyl sites for hydroxylation is 2. The first kappa shape index (κ1) is 12.8. The minimum atomic E-state index is 0.442. The summed E-state index contributed by atoms with van der Waals surface area (Å²) in [5.74, 6) is 2.08. The maximum Gasteiger partial charge on any atom is 0.213 e. The smallest absolute Gasteiger partial charge is 0.213 e. The Morgan fingerprint density at radius 2 is 1.95 bits per heavy atom. The van der Waals surface area contributed by atoms with E-state index in [1.807, 2.05) is 38.1 Å². The Bertz CT molecular complexity index is 951. The molecule has 0 amide bonds. The molecule has 22 heavy (non-hydrogen) atoms. The fourth-order valence-corrected chi connectivity index (χ4v) is 2.42. The first-order valence-electron chi connectivity index (χ1n) is 7.01. The first-order valence-corrected chi connectivity index (χ1v) is 7.01. The number of oxazole rings is 1. The van der Waals surface area contributed by atoms with Gasteiger partial charge in [-0.05, 0) is 26.0 Å². The Morgan fingerprint density at radius 3 is 2.77 bits per heavy atom. The van der Waals surface area contributed by atoms with Crippen LogP contribution in [0.4, 0.5) is 5.82 Å². The van der Waals surface area contributed by atoms with Crippen molar-refractivity contribution >= 4 is 27.9 Å². The summed E-state index contributed by atoms with van der Waals surface area (Å²) in [5.41, 5.74) is 3.13. The third-order valence-corrected chi connectivity index (χ3v) is 3.64. The molecule has 0 atom stereocenters. The average Bonchev–Trinajstić information content (AvgIpc) is 3.06. The Labute approximate surface area is 126 Å². The monoisotopic (exact) mass is 294 g/mol. The van der Waals surface area contributed by atoms with E-state index in [-0.39, 0.29) is 0 Å². The molecular weight excluding hydrogens is 280 g/mol. The molecule has 0 saturated heterocycles. The topological polar surface area (TPSA) is 77.0 Å². The van der Waals surface area contributed by atoms with Crippen molar-refractivity contribution in [1.82, 2.24) is 15.0 Å². The van der Waals surface area contributed by atoms with Gasteiger partial charge in [0, 0.05) is 5.39 Å². The molecule has 0 saturated carbocycles. The lowest BCUT2D eigenvalue weighted by Gasteiger charge is -2.02. The number of nitrogens with zero attached hydrogens (tertiary/aromatic N) is 3. The van der Waals surface area contributed by atoms with Crippen LogP contribution in [0, 0.1) is 13.8 Å². The summed E-state index contributed by atoms with van der Waals surface area (Å²) in [6, 6.07) is 7.80. The molecule has 4 aromatic rings. The molecular formula is C16H14N4O2. The number of benzene rings is 1. The van der Waals surface area contributed by atoms with Crippen LogP contribution in [0.1, 0.15) is 17.3 Å². The Morgan fingerprint density at radius 1 is 1.09 bits per heavy atom. The van der Waals surface area contributed by atoms with Gasteiger partial charge in [-0.25, -0.2) is 15.0 Å². The van der Waals surface area contributed by atoms with Crippen LogP contribution in [0.25, 0.3) is 22.1 Å². The molecule has 0 fully saturated rings. The minimum Gasteiger partial charge on any atom is -0.450 e. The summed E-state index contributed by atoms with van der Waals surface area (Å²) in [6.45, 7) is 4.26. The molecule has 0 radical (unpaired) electrons. The van der Waals surface area contributed by atoms with E-state index in [0.717, 1.165) is 27.9 Å². The van der Waals surface area contributed by atoms with Gasteiger partial charge in [-0.3, -0.25) is 0 Å². The van der Waals surface area contributed by atoms with Crippen molar-refractivity contribution in [2.45, 2.75) is 20.4 Å². The van der Waals surface area contributed by atoms with Crippen LogP contribution in [-0.2, 0) is 6.54 Å². The third-order valence-electron chi connectivity index (χ3n) is 3.64.